The molecule has 0 amide bonds. The van der Waals surface area contributed by atoms with Crippen LogP contribution < -0.4 is 5.43 Å². The Hall–Kier alpha value is -1.95. The van der Waals surface area contributed by atoms with Crippen molar-refractivity contribution in [3.8, 4) is 0 Å². The van der Waals surface area contributed by atoms with Crippen molar-refractivity contribution in [2.24, 2.45) is 0 Å². The first-order chi connectivity index (χ1) is 8.06. The molecule has 5 nitrogen and oxygen atoms in total. The normalized spacial score (nSPS) is 10.4. The van der Waals surface area contributed by atoms with Crippen molar-refractivity contribution in [1.29, 1.82) is 0 Å². The summed E-state index contributed by atoms with van der Waals surface area (Å²) in [5.74, 6) is -1.21. The van der Waals surface area contributed by atoms with Crippen molar-refractivity contribution >= 4 is 17.3 Å². The molecule has 0 aromatic carbocycles. The van der Waals surface area contributed by atoms with E-state index in [1.807, 2.05) is 12.3 Å². The molecule has 2 aromatic heterocycles. The summed E-state index contributed by atoms with van der Waals surface area (Å²) < 4.78 is 1.64. The van der Waals surface area contributed by atoms with Gasteiger partial charge in [0.2, 0.25) is 0 Å². The van der Waals surface area contributed by atoms with Gasteiger partial charge in [-0.3, -0.25) is 4.79 Å². The summed E-state index contributed by atoms with van der Waals surface area (Å²) in [6.45, 7) is 2.37. The van der Waals surface area contributed by atoms with Gasteiger partial charge in [-0.15, -0.1) is 11.3 Å². The minimum atomic E-state index is -1.21. The number of rotatable bonds is 3. The minimum absolute atomic E-state index is 0.223. The van der Waals surface area contributed by atoms with Crippen LogP contribution in [0.25, 0.3) is 0 Å². The molecule has 0 saturated carbocycles. The van der Waals surface area contributed by atoms with Gasteiger partial charge in [0.25, 0.3) is 0 Å². The number of pyridine rings is 1. The lowest BCUT2D eigenvalue weighted by atomic mass is 10.2. The van der Waals surface area contributed by atoms with Gasteiger partial charge in [0.05, 0.1) is 17.2 Å². The van der Waals surface area contributed by atoms with E-state index in [1.54, 1.807) is 10.8 Å². The van der Waals surface area contributed by atoms with Gasteiger partial charge < -0.3 is 9.67 Å². The molecule has 2 aromatic rings. The Kier molecular flexibility index (Phi) is 3.06. The van der Waals surface area contributed by atoms with Gasteiger partial charge in [-0.05, 0) is 6.92 Å². The lowest BCUT2D eigenvalue weighted by Gasteiger charge is -2.04. The van der Waals surface area contributed by atoms with E-state index in [1.165, 1.54) is 23.6 Å². The maximum absolute atomic E-state index is 11.3. The van der Waals surface area contributed by atoms with Crippen LogP contribution in [-0.2, 0) is 6.54 Å². The lowest BCUT2D eigenvalue weighted by Crippen LogP contribution is -2.16. The predicted molar refractivity (Wildman–Crippen MR) is 63.6 cm³/mol. The Morgan fingerprint density at radius 1 is 1.59 bits per heavy atom. The second-order valence-corrected chi connectivity index (χ2v) is 4.62. The fourth-order valence-electron chi connectivity index (χ4n) is 1.45. The van der Waals surface area contributed by atoms with Crippen molar-refractivity contribution in [2.45, 2.75) is 13.5 Å². The first-order valence-corrected chi connectivity index (χ1v) is 5.78. The highest BCUT2D eigenvalue weighted by Gasteiger charge is 2.08. The van der Waals surface area contributed by atoms with Crippen LogP contribution in [0.2, 0.25) is 0 Å². The Labute approximate surface area is 101 Å². The molecule has 0 aliphatic heterocycles. The summed E-state index contributed by atoms with van der Waals surface area (Å²) in [5.41, 5.74) is 0.148. The molecular weight excluding hydrogens is 240 g/mol. The van der Waals surface area contributed by atoms with Crippen molar-refractivity contribution in [1.82, 2.24) is 9.55 Å². The maximum Gasteiger partial charge on any atom is 0.341 e. The molecule has 6 heteroatoms. The zero-order valence-electron chi connectivity index (χ0n) is 9.08. The quantitative estimate of drug-likeness (QED) is 0.892. The van der Waals surface area contributed by atoms with Crippen molar-refractivity contribution < 1.29 is 9.90 Å². The van der Waals surface area contributed by atoms with Gasteiger partial charge in [-0.2, -0.15) is 0 Å². The summed E-state index contributed by atoms with van der Waals surface area (Å²) in [7, 11) is 0. The average Bonchev–Trinajstić information content (AvgIpc) is 2.66. The van der Waals surface area contributed by atoms with E-state index in [-0.39, 0.29) is 5.56 Å². The summed E-state index contributed by atoms with van der Waals surface area (Å²) in [5, 5.41) is 11.7. The fourth-order valence-corrected chi connectivity index (χ4v) is 2.06. The summed E-state index contributed by atoms with van der Waals surface area (Å²) >= 11 is 1.53. The lowest BCUT2D eigenvalue weighted by molar-refractivity contribution is 0.0694. The second kappa shape index (κ2) is 4.50. The third kappa shape index (κ3) is 2.59. The average molecular weight is 250 g/mol. The minimum Gasteiger partial charge on any atom is -0.477 e. The van der Waals surface area contributed by atoms with Gasteiger partial charge in [0.1, 0.15) is 5.56 Å². The first-order valence-electron chi connectivity index (χ1n) is 4.90. The van der Waals surface area contributed by atoms with E-state index >= 15 is 0 Å². The van der Waals surface area contributed by atoms with Crippen molar-refractivity contribution in [3.05, 3.63) is 50.3 Å². The van der Waals surface area contributed by atoms with E-state index in [0.717, 1.165) is 10.7 Å². The third-order valence-electron chi connectivity index (χ3n) is 2.22. The SMILES string of the molecule is Cc1nc(Cn2ccc(=O)c(C(=O)O)c2)cs1. The van der Waals surface area contributed by atoms with Gasteiger partial charge >= 0.3 is 5.97 Å². The molecule has 2 rings (SSSR count). The smallest absolute Gasteiger partial charge is 0.341 e. The zero-order chi connectivity index (χ0) is 12.4. The number of carboxylic acid groups (broad SMARTS) is 1. The maximum atomic E-state index is 11.3. The van der Waals surface area contributed by atoms with Crippen molar-refractivity contribution in [3.63, 3.8) is 0 Å². The van der Waals surface area contributed by atoms with E-state index in [0.29, 0.717) is 6.54 Å². The predicted octanol–water partition coefficient (Wildman–Crippen LogP) is 1.36. The monoisotopic (exact) mass is 250 g/mol. The topological polar surface area (TPSA) is 72.2 Å². The molecule has 0 atom stereocenters. The number of hydrogen-bond acceptors (Lipinski definition) is 4. The molecule has 0 radical (unpaired) electrons. The molecule has 0 aliphatic rings. The van der Waals surface area contributed by atoms with Gasteiger partial charge in [0.15, 0.2) is 5.43 Å². The molecule has 0 aliphatic carbocycles. The van der Waals surface area contributed by atoms with E-state index in [2.05, 4.69) is 4.98 Å². The Morgan fingerprint density at radius 2 is 2.35 bits per heavy atom. The molecule has 0 saturated heterocycles. The summed E-state index contributed by atoms with van der Waals surface area (Å²) in [6.07, 6.45) is 2.89. The zero-order valence-corrected chi connectivity index (χ0v) is 9.90. The first kappa shape index (κ1) is 11.5. The number of thiazole rings is 1. The Bertz CT molecular complexity index is 615. The molecular formula is C11H10N2O3S. The Balaban J connectivity index is 2.31. The van der Waals surface area contributed by atoms with Crippen LogP contribution in [0.3, 0.4) is 0 Å². The van der Waals surface area contributed by atoms with E-state index in [9.17, 15) is 9.59 Å². The van der Waals surface area contributed by atoms with Crippen LogP contribution >= 0.6 is 11.3 Å². The Morgan fingerprint density at radius 3 is 2.94 bits per heavy atom. The van der Waals surface area contributed by atoms with Gasteiger partial charge in [0, 0.05) is 23.8 Å². The number of aryl methyl sites for hydroxylation is 1. The number of carbonyl (C=O) groups is 1. The standard InChI is InChI=1S/C11H10N2O3S/c1-7-12-8(6-17-7)4-13-3-2-10(14)9(5-13)11(15)16/h2-3,5-6H,4H2,1H3,(H,15,16). The van der Waals surface area contributed by atoms with Crippen molar-refractivity contribution in [2.75, 3.05) is 0 Å². The van der Waals surface area contributed by atoms with Gasteiger partial charge in [-0.25, -0.2) is 9.78 Å². The number of hydrogen-bond donors (Lipinski definition) is 1. The highest BCUT2D eigenvalue weighted by Crippen LogP contribution is 2.09. The molecule has 0 unspecified atom stereocenters. The summed E-state index contributed by atoms with van der Waals surface area (Å²) in [6, 6.07) is 1.25. The van der Waals surface area contributed by atoms with E-state index < -0.39 is 11.4 Å². The van der Waals surface area contributed by atoms with E-state index in [4.69, 9.17) is 5.11 Å². The van der Waals surface area contributed by atoms with Crippen LogP contribution in [0.5, 0.6) is 0 Å². The number of nitrogens with zero attached hydrogens (tertiary/aromatic N) is 2. The number of aromatic carboxylic acids is 1. The number of aromatic nitrogens is 2. The molecule has 2 heterocycles. The van der Waals surface area contributed by atoms with Gasteiger partial charge in [-0.1, -0.05) is 0 Å². The number of carboxylic acids is 1. The highest BCUT2D eigenvalue weighted by molar-refractivity contribution is 7.09. The van der Waals surface area contributed by atoms with Crippen LogP contribution in [0.4, 0.5) is 0 Å². The summed E-state index contributed by atoms with van der Waals surface area (Å²) in [4.78, 5) is 26.3. The molecule has 1 N–H and O–H groups in total. The fraction of sp³-hybridized carbons (Fsp3) is 0.182. The highest BCUT2D eigenvalue weighted by atomic mass is 32.1. The van der Waals surface area contributed by atoms with Crippen LogP contribution in [0.1, 0.15) is 21.1 Å². The molecule has 88 valence electrons. The molecule has 0 spiro atoms. The van der Waals surface area contributed by atoms with Crippen LogP contribution in [-0.4, -0.2) is 20.6 Å². The largest absolute Gasteiger partial charge is 0.477 e. The van der Waals surface area contributed by atoms with Crippen LogP contribution in [0.15, 0.2) is 28.6 Å². The molecule has 0 bridgehead atoms. The molecule has 0 fully saturated rings. The third-order valence-corrected chi connectivity index (χ3v) is 3.04. The molecule has 17 heavy (non-hydrogen) atoms. The van der Waals surface area contributed by atoms with Crippen LogP contribution in [0, 0.1) is 6.92 Å². The second-order valence-electron chi connectivity index (χ2n) is 3.56.